The number of rotatable bonds is 9. The van der Waals surface area contributed by atoms with Crippen LogP contribution in [0.1, 0.15) is 79.0 Å². The van der Waals surface area contributed by atoms with Crippen LogP contribution in [0.5, 0.6) is 17.2 Å². The molecule has 1 atom stereocenters. The van der Waals surface area contributed by atoms with Crippen LogP contribution < -0.4 is 23.3 Å². The van der Waals surface area contributed by atoms with Crippen molar-refractivity contribution in [2.45, 2.75) is 78.6 Å². The summed E-state index contributed by atoms with van der Waals surface area (Å²) in [6.45, 7) is 19.5. The van der Waals surface area contributed by atoms with Gasteiger partial charge in [-0.15, -0.1) is 0 Å². The summed E-state index contributed by atoms with van der Waals surface area (Å²) in [6.07, 6.45) is 0. The first-order chi connectivity index (χ1) is 20.9. The third-order valence-corrected chi connectivity index (χ3v) is 17.7. The van der Waals surface area contributed by atoms with Gasteiger partial charge >= 0.3 is 272 Å². The summed E-state index contributed by atoms with van der Waals surface area (Å²) >= 11 is 0. The molecule has 0 saturated heterocycles. The van der Waals surface area contributed by atoms with Gasteiger partial charge in [-0.05, 0) is 0 Å². The van der Waals surface area contributed by atoms with Gasteiger partial charge in [0.2, 0.25) is 0 Å². The number of nitrogens with one attached hydrogen (secondary N) is 2. The standard InChI is InChI=1S/C33H52N3O6P3/c1-31(2,3)25-13-19-28(20-14-25)40-43(37-10)34-44(38-11,41-29-21-15-26(16-22-29)32(4,5)6)36-45(35-43,39-12)42-30-23-17-27(18-24-30)33(7,8)9/h13-24,34-35,43-44H,1-12H3. The van der Waals surface area contributed by atoms with E-state index < -0.39 is 23.7 Å². The van der Waals surface area contributed by atoms with Crippen molar-refractivity contribution in [3.8, 4) is 17.2 Å². The summed E-state index contributed by atoms with van der Waals surface area (Å²) < 4.78 is 43.4. The fraction of sp³-hybridized carbons (Fsp3) is 0.455. The van der Waals surface area contributed by atoms with E-state index >= 15 is 0 Å². The zero-order valence-corrected chi connectivity index (χ0v) is 31.7. The third kappa shape index (κ3) is 8.66. The summed E-state index contributed by atoms with van der Waals surface area (Å²) in [5.41, 5.74) is 3.53. The maximum absolute atomic E-state index is 6.65. The Labute approximate surface area is 271 Å². The summed E-state index contributed by atoms with van der Waals surface area (Å²) in [5, 5.41) is 0. The first kappa shape index (κ1) is 35.8. The fourth-order valence-corrected chi connectivity index (χ4v) is 16.1. The molecule has 45 heavy (non-hydrogen) atoms. The van der Waals surface area contributed by atoms with Crippen LogP contribution in [0.25, 0.3) is 0 Å². The van der Waals surface area contributed by atoms with Gasteiger partial charge in [0.15, 0.2) is 0 Å². The van der Waals surface area contributed by atoms with Gasteiger partial charge in [-0.2, -0.15) is 0 Å². The minimum atomic E-state index is -3.74. The molecule has 9 nitrogen and oxygen atoms in total. The second-order valence-electron chi connectivity index (χ2n) is 14.3. The molecule has 3 aromatic carbocycles. The molecule has 3 aromatic rings. The van der Waals surface area contributed by atoms with Crippen LogP contribution >= 0.6 is 23.7 Å². The molecule has 1 aliphatic rings. The van der Waals surface area contributed by atoms with Crippen molar-refractivity contribution < 1.29 is 27.1 Å². The van der Waals surface area contributed by atoms with E-state index in [1.807, 2.05) is 48.5 Å². The number of hydrogen-bond donors (Lipinski definition) is 2. The molecular formula is C33H52N3O6P3. The molecule has 250 valence electrons. The van der Waals surface area contributed by atoms with Crippen molar-refractivity contribution in [1.82, 2.24) is 9.72 Å². The van der Waals surface area contributed by atoms with Gasteiger partial charge in [0.1, 0.15) is 0 Å². The van der Waals surface area contributed by atoms with Gasteiger partial charge in [0.25, 0.3) is 0 Å². The Kier molecular flexibility index (Phi) is 10.5. The number of nitrogens with zero attached hydrogens (tertiary/aromatic N) is 1. The SMILES string of the molecule is COP1(Oc2ccc(C(C)(C)C)cc2)=N[PH](OC)(Oc2ccc(C(C)(C)C)cc2)N[PH](OC)(Oc2ccc(C(C)(C)C)cc2)N1. The van der Waals surface area contributed by atoms with E-state index in [9.17, 15) is 0 Å². The molecule has 1 unspecified atom stereocenters. The monoisotopic (exact) mass is 679 g/mol. The molecular weight excluding hydrogens is 627 g/mol. The van der Waals surface area contributed by atoms with E-state index in [2.05, 4.69) is 96.3 Å². The summed E-state index contributed by atoms with van der Waals surface area (Å²) in [7, 11) is -6.02. The van der Waals surface area contributed by atoms with Crippen LogP contribution in [0.3, 0.4) is 0 Å². The van der Waals surface area contributed by atoms with Crippen molar-refractivity contribution in [3.05, 3.63) is 89.5 Å². The van der Waals surface area contributed by atoms with Crippen LogP contribution in [0.4, 0.5) is 0 Å². The average Bonchev–Trinajstić information content (AvgIpc) is 2.96. The Morgan fingerprint density at radius 1 is 0.556 bits per heavy atom. The Balaban J connectivity index is 1.79. The summed E-state index contributed by atoms with van der Waals surface area (Å²) in [5.74, 6) is 1.78. The molecule has 1 aliphatic heterocycles. The first-order valence-corrected chi connectivity index (χ1v) is 20.3. The van der Waals surface area contributed by atoms with E-state index in [-0.39, 0.29) is 16.2 Å². The third-order valence-electron chi connectivity index (χ3n) is 7.59. The molecule has 0 amide bonds. The number of benzene rings is 3. The van der Waals surface area contributed by atoms with Gasteiger partial charge in [0, 0.05) is 0 Å². The van der Waals surface area contributed by atoms with Crippen LogP contribution in [0.2, 0.25) is 0 Å². The Morgan fingerprint density at radius 3 is 1.31 bits per heavy atom. The molecule has 0 bridgehead atoms. The van der Waals surface area contributed by atoms with E-state index in [1.165, 1.54) is 16.7 Å². The fourth-order valence-electron chi connectivity index (χ4n) is 4.71. The first-order valence-electron chi connectivity index (χ1n) is 15.1. The van der Waals surface area contributed by atoms with Gasteiger partial charge in [0.05, 0.1) is 0 Å². The molecule has 12 heteroatoms. The topological polar surface area (TPSA) is 91.8 Å². The Morgan fingerprint density at radius 2 is 0.956 bits per heavy atom. The van der Waals surface area contributed by atoms with Crippen molar-refractivity contribution in [1.29, 1.82) is 0 Å². The minimum absolute atomic E-state index is 0.00324. The van der Waals surface area contributed by atoms with E-state index in [4.69, 9.17) is 31.7 Å². The number of hydrogen-bond acceptors (Lipinski definition) is 9. The maximum atomic E-state index is 6.65. The van der Waals surface area contributed by atoms with E-state index in [0.717, 1.165) is 0 Å². The predicted octanol–water partition coefficient (Wildman–Crippen LogP) is 10.0. The summed E-state index contributed by atoms with van der Waals surface area (Å²) in [6, 6.07) is 23.9. The normalized spacial score (nSPS) is 21.2. The van der Waals surface area contributed by atoms with Gasteiger partial charge < -0.3 is 0 Å². The molecule has 4 rings (SSSR count). The predicted molar refractivity (Wildman–Crippen MR) is 191 cm³/mol. The molecule has 0 spiro atoms. The van der Waals surface area contributed by atoms with Crippen LogP contribution in [-0.2, 0) is 29.8 Å². The Hall–Kier alpha value is -2.05. The molecule has 0 aromatic heterocycles. The van der Waals surface area contributed by atoms with E-state index in [1.54, 1.807) is 21.3 Å². The average molecular weight is 680 g/mol. The zero-order valence-electron chi connectivity index (χ0n) is 28.8. The molecule has 0 aliphatic carbocycles. The van der Waals surface area contributed by atoms with Gasteiger partial charge in [-0.25, -0.2) is 0 Å². The molecule has 0 saturated carbocycles. The molecule has 1 heterocycles. The Bertz CT molecular complexity index is 1500. The van der Waals surface area contributed by atoms with E-state index in [0.29, 0.717) is 17.2 Å². The van der Waals surface area contributed by atoms with Crippen molar-refractivity contribution in [3.63, 3.8) is 0 Å². The van der Waals surface area contributed by atoms with Crippen LogP contribution in [-0.4, -0.2) is 21.3 Å². The molecule has 0 radical (unpaired) electrons. The van der Waals surface area contributed by atoms with Crippen molar-refractivity contribution in [2.24, 2.45) is 4.52 Å². The van der Waals surface area contributed by atoms with Crippen molar-refractivity contribution in [2.75, 3.05) is 21.3 Å². The molecule has 2 N–H and O–H groups in total. The quantitative estimate of drug-likeness (QED) is 0.216. The van der Waals surface area contributed by atoms with Crippen LogP contribution in [0.15, 0.2) is 77.3 Å². The molecule has 0 fully saturated rings. The van der Waals surface area contributed by atoms with Crippen molar-refractivity contribution >= 4 is 23.7 Å². The van der Waals surface area contributed by atoms with Gasteiger partial charge in [-0.1, -0.05) is 0 Å². The second-order valence-corrected chi connectivity index (χ2v) is 22.2. The second kappa shape index (κ2) is 13.2. The zero-order chi connectivity index (χ0) is 33.3. The summed E-state index contributed by atoms with van der Waals surface area (Å²) in [4.78, 5) is 6.88. The van der Waals surface area contributed by atoms with Gasteiger partial charge in [-0.3, -0.25) is 0 Å². The van der Waals surface area contributed by atoms with Crippen LogP contribution in [0, 0.1) is 0 Å².